The number of carbonyl (C=O) groups excluding carboxylic acids is 4. The second-order valence-corrected chi connectivity index (χ2v) is 16.3. The Hall–Kier alpha value is -6.30. The number of hydrogen-bond donors (Lipinski definition) is 4. The number of aromatic hydroxyl groups is 2. The zero-order chi connectivity index (χ0) is 51.1. The predicted octanol–water partition coefficient (Wildman–Crippen LogP) is 9.94. The Morgan fingerprint density at radius 3 is 1.04 bits per heavy atom. The standard InChI is InChI=1S/C38H52N2O4.2C8H8O4.Pd/c1-7-13-15-37(39-31-19-17-27(23-33(41)9-3)29(21-31)25-35(43)11-5)38(16-14-8-2)40-32-20-18-28(24-34(42)10-4)30(22-32)26-36(44)12-6;2*1-4-2-3-5(9)7(10)6(4)8(11)12;/h17-22H,7-16,23-26H2,1-6H3;2*2-3,9-10H,1H3,(H,11,12);/q;;;+2/p-2. The fraction of sp³-hybridized carbons (Fsp3) is 0.407. The van der Waals surface area contributed by atoms with E-state index in [9.17, 15) is 39.0 Å². The number of hydrogen-bond acceptors (Lipinski definition) is 12. The Labute approximate surface area is 419 Å². The summed E-state index contributed by atoms with van der Waals surface area (Å²) in [6.07, 6.45) is 8.52. The largest absolute Gasteiger partial charge is 2.00 e. The normalized spacial score (nSPS) is 11.0. The van der Waals surface area contributed by atoms with Gasteiger partial charge in [-0.1, -0.05) is 90.1 Å². The molecule has 4 aromatic carbocycles. The third kappa shape index (κ3) is 19.7. The van der Waals surface area contributed by atoms with Gasteiger partial charge in [0.1, 0.15) is 34.6 Å². The molecule has 0 bridgehead atoms. The number of phenolic OH excluding ortho intramolecular Hbond substituents is 2. The van der Waals surface area contributed by atoms with Gasteiger partial charge in [-0.2, -0.15) is 0 Å². The molecule has 0 aliphatic carbocycles. The average molecular weight is 1040 g/mol. The van der Waals surface area contributed by atoms with Crippen LogP contribution in [0, 0.1) is 13.8 Å². The van der Waals surface area contributed by atoms with Crippen molar-refractivity contribution in [3.63, 3.8) is 0 Å². The number of carbonyl (C=O) groups is 6. The number of aromatic carboxylic acids is 2. The van der Waals surface area contributed by atoms with Crippen molar-refractivity contribution in [1.82, 2.24) is 0 Å². The van der Waals surface area contributed by atoms with Crippen molar-refractivity contribution < 1.29 is 79.8 Å². The minimum Gasteiger partial charge on any atom is -0.869 e. The van der Waals surface area contributed by atoms with Crippen LogP contribution in [0.2, 0.25) is 0 Å². The second kappa shape index (κ2) is 31.0. The predicted molar refractivity (Wildman–Crippen MR) is 261 cm³/mol. The molecule has 0 radical (unpaired) electrons. The summed E-state index contributed by atoms with van der Waals surface area (Å²) in [4.78, 5) is 80.6. The maximum atomic E-state index is 12.4. The van der Waals surface area contributed by atoms with Gasteiger partial charge < -0.3 is 30.6 Å². The van der Waals surface area contributed by atoms with Crippen LogP contribution in [0.4, 0.5) is 11.4 Å². The van der Waals surface area contributed by atoms with Crippen LogP contribution in [0.3, 0.4) is 0 Å². The minimum atomic E-state index is -1.31. The fourth-order valence-electron chi connectivity index (χ4n) is 6.79. The van der Waals surface area contributed by atoms with Crippen molar-refractivity contribution >= 4 is 57.9 Å². The summed E-state index contributed by atoms with van der Waals surface area (Å²) in [6.45, 7) is 14.8. The second-order valence-electron chi connectivity index (χ2n) is 16.3. The van der Waals surface area contributed by atoms with Gasteiger partial charge >= 0.3 is 32.4 Å². The molecule has 4 N–H and O–H groups in total. The monoisotopic (exact) mass is 1040 g/mol. The summed E-state index contributed by atoms with van der Waals surface area (Å²) in [5.74, 6) is -4.78. The maximum absolute atomic E-state index is 12.4. The quantitative estimate of drug-likeness (QED) is 0.0400. The van der Waals surface area contributed by atoms with Gasteiger partial charge in [0.15, 0.2) is 0 Å². The molecule has 14 nitrogen and oxygen atoms in total. The number of ketones is 4. The third-order valence-corrected chi connectivity index (χ3v) is 11.0. The van der Waals surface area contributed by atoms with Gasteiger partial charge in [-0.3, -0.25) is 29.2 Å². The molecule has 0 amide bonds. The SMILES string of the molecule is CCCCC(=Nc1ccc(CC(=O)CC)c(CC(=O)CC)c1)C(CCCC)=Nc1ccc(CC(=O)CC)c(CC(=O)CC)c1.Cc1ccc(O)c([O-])c1C(=O)O.Cc1ccc(O)c([O-])c1C(=O)O.[Pd+2]. The van der Waals surface area contributed by atoms with E-state index in [1.807, 2.05) is 64.1 Å². The molecule has 0 aliphatic rings. The fourth-order valence-corrected chi connectivity index (χ4v) is 6.79. The molecule has 69 heavy (non-hydrogen) atoms. The first-order valence-corrected chi connectivity index (χ1v) is 23.2. The maximum Gasteiger partial charge on any atom is 2.00 e. The first-order valence-electron chi connectivity index (χ1n) is 23.2. The summed E-state index contributed by atoms with van der Waals surface area (Å²) in [5.41, 5.74) is 6.84. The van der Waals surface area contributed by atoms with Gasteiger partial charge in [0.25, 0.3) is 0 Å². The van der Waals surface area contributed by atoms with E-state index in [0.717, 1.165) is 83.6 Å². The van der Waals surface area contributed by atoms with E-state index in [0.29, 0.717) is 62.5 Å². The van der Waals surface area contributed by atoms with Crippen molar-refractivity contribution in [1.29, 1.82) is 0 Å². The van der Waals surface area contributed by atoms with E-state index in [1.54, 1.807) is 0 Å². The van der Waals surface area contributed by atoms with Crippen LogP contribution in [0.15, 0.2) is 70.6 Å². The number of Topliss-reactive ketones (excluding diaryl/α,β-unsaturated/α-hetero) is 4. The van der Waals surface area contributed by atoms with E-state index in [-0.39, 0.29) is 54.7 Å². The van der Waals surface area contributed by atoms with Crippen LogP contribution < -0.4 is 10.2 Å². The number of nitrogens with zero attached hydrogens (tertiary/aromatic N) is 2. The summed E-state index contributed by atoms with van der Waals surface area (Å²) >= 11 is 0. The van der Waals surface area contributed by atoms with Gasteiger partial charge in [-0.05, 0) is 109 Å². The molecule has 0 fully saturated rings. The Balaban J connectivity index is 0.000000766. The number of benzene rings is 4. The van der Waals surface area contributed by atoms with Gasteiger partial charge in [-0.25, -0.2) is 9.59 Å². The van der Waals surface area contributed by atoms with Crippen molar-refractivity contribution in [3.8, 4) is 23.0 Å². The topological polar surface area (TPSA) is 254 Å². The zero-order valence-corrected chi connectivity index (χ0v) is 42.5. The van der Waals surface area contributed by atoms with Crippen LogP contribution >= 0.6 is 0 Å². The van der Waals surface area contributed by atoms with E-state index in [1.165, 1.54) is 38.1 Å². The average Bonchev–Trinajstić information content (AvgIpc) is 3.30. The van der Waals surface area contributed by atoms with Crippen molar-refractivity contribution in [2.45, 2.75) is 145 Å². The van der Waals surface area contributed by atoms with Crippen LogP contribution in [-0.4, -0.2) is 66.9 Å². The van der Waals surface area contributed by atoms with Crippen molar-refractivity contribution in [2.75, 3.05) is 0 Å². The first kappa shape index (κ1) is 60.7. The molecule has 0 saturated carbocycles. The molecule has 0 aliphatic heterocycles. The van der Waals surface area contributed by atoms with Crippen LogP contribution in [0.1, 0.15) is 160 Å². The number of unbranched alkanes of at least 4 members (excludes halogenated alkanes) is 2. The minimum absolute atomic E-state index is 0. The third-order valence-electron chi connectivity index (χ3n) is 11.0. The zero-order valence-electron chi connectivity index (χ0n) is 40.9. The van der Waals surface area contributed by atoms with Gasteiger partial charge in [-0.15, -0.1) is 0 Å². The smallest absolute Gasteiger partial charge is 0.869 e. The molecule has 0 atom stereocenters. The molecule has 4 rings (SSSR count). The number of carboxylic acid groups (broad SMARTS) is 2. The van der Waals surface area contributed by atoms with E-state index in [2.05, 4.69) is 13.8 Å². The number of phenols is 2. The number of carboxylic acids is 2. The molecule has 0 saturated heterocycles. The molecule has 15 heteroatoms. The van der Waals surface area contributed by atoms with Crippen LogP contribution in [-0.2, 0) is 65.3 Å². The van der Waals surface area contributed by atoms with Gasteiger partial charge in [0, 0.05) is 51.4 Å². The summed E-state index contributed by atoms with van der Waals surface area (Å²) in [6, 6.07) is 16.8. The number of aliphatic imine (C=N–C) groups is 2. The Kier molecular flexibility index (Phi) is 27.2. The Morgan fingerprint density at radius 1 is 0.478 bits per heavy atom. The van der Waals surface area contributed by atoms with Crippen molar-refractivity contribution in [2.24, 2.45) is 9.98 Å². The summed E-state index contributed by atoms with van der Waals surface area (Å²) in [5, 5.41) is 56.9. The Bertz CT molecular complexity index is 2320. The summed E-state index contributed by atoms with van der Waals surface area (Å²) in [7, 11) is 0. The van der Waals surface area contributed by atoms with E-state index < -0.39 is 34.9 Å². The molecule has 374 valence electrons. The molecular weight excluding hydrogens is 975 g/mol. The molecular formula is C54H66N2O12Pd. The van der Waals surface area contributed by atoms with Crippen LogP contribution in [0.5, 0.6) is 23.0 Å². The van der Waals surface area contributed by atoms with Crippen molar-refractivity contribution in [3.05, 3.63) is 105 Å². The summed E-state index contributed by atoms with van der Waals surface area (Å²) < 4.78 is 0. The molecule has 0 aromatic heterocycles. The van der Waals surface area contributed by atoms with Gasteiger partial charge in [0.2, 0.25) is 0 Å². The molecule has 0 heterocycles. The van der Waals surface area contributed by atoms with Crippen LogP contribution in [0.25, 0.3) is 0 Å². The number of rotatable bonds is 23. The van der Waals surface area contributed by atoms with E-state index in [4.69, 9.17) is 30.4 Å². The first-order chi connectivity index (χ1) is 32.2. The van der Waals surface area contributed by atoms with E-state index >= 15 is 0 Å². The van der Waals surface area contributed by atoms with Gasteiger partial charge in [0.05, 0.1) is 33.9 Å². The number of aryl methyl sites for hydroxylation is 2. The molecule has 0 spiro atoms. The molecule has 4 aromatic rings. The molecule has 0 unspecified atom stereocenters. The Morgan fingerprint density at radius 2 is 0.783 bits per heavy atom.